The lowest BCUT2D eigenvalue weighted by atomic mass is 10.1. The van der Waals surface area contributed by atoms with Crippen LogP contribution in [0, 0.1) is 0 Å². The summed E-state index contributed by atoms with van der Waals surface area (Å²) in [5.41, 5.74) is 10.0. The summed E-state index contributed by atoms with van der Waals surface area (Å²) in [5, 5.41) is 22.6. The standard InChI is InChI=1S/C21H25B2N10O11P2/c1-45(22)39-2-6-13(11(35)19(41-6)33-5-27-9-15(33)29-21(25)31-17(9)37)44-46(23,38)40-3-7-12(43-45)10(34)18(42-7)32-4-26-8-14(32)28-20(24)30-16(8)36/h4-7,10-13,18-19,34-35H,2-3H2,1H3,(H3,24,28,30,36)(H3,25,29,31,37)/q+1/t6-,7+,10+,11-,12+,13-,18+,19-,45?,46?/m1/s1. The maximum Gasteiger partial charge on any atom is 0.443 e. The number of aromatic amines is 2. The van der Waals surface area contributed by atoms with Gasteiger partial charge in [0.1, 0.15) is 37.1 Å². The molecule has 0 bridgehead atoms. The molecule has 0 aromatic carbocycles. The molecule has 3 fully saturated rings. The molecule has 2 unspecified atom stereocenters. The van der Waals surface area contributed by atoms with Gasteiger partial charge in [0, 0.05) is 0 Å². The van der Waals surface area contributed by atoms with Crippen LogP contribution < -0.4 is 22.6 Å². The number of nitrogens with one attached hydrogen (secondary N) is 2. The molecule has 3 aliphatic rings. The van der Waals surface area contributed by atoms with E-state index in [0.717, 1.165) is 0 Å². The monoisotopic (exact) mass is 677 g/mol. The maximum absolute atomic E-state index is 13.4. The van der Waals surface area contributed by atoms with Crippen molar-refractivity contribution in [2.24, 2.45) is 0 Å². The summed E-state index contributed by atoms with van der Waals surface area (Å²) in [5.74, 6) is -0.397. The predicted molar refractivity (Wildman–Crippen MR) is 159 cm³/mol. The number of aliphatic hydroxyl groups excluding tert-OH is 2. The quantitative estimate of drug-likeness (QED) is 0.0951. The van der Waals surface area contributed by atoms with E-state index in [9.17, 15) is 24.4 Å². The first-order valence-corrected chi connectivity index (χ1v) is 17.3. The first-order valence-electron chi connectivity index (χ1n) is 13.5. The number of ether oxygens (including phenoxy) is 2. The summed E-state index contributed by atoms with van der Waals surface area (Å²) in [7, 11) is 4.55. The number of anilines is 2. The molecular weight excluding hydrogens is 652 g/mol. The molecule has 0 amide bonds. The molecule has 4 aromatic rings. The van der Waals surface area contributed by atoms with Crippen molar-refractivity contribution >= 4 is 64.4 Å². The first-order chi connectivity index (χ1) is 21.7. The molecule has 4 radical (unpaired) electrons. The van der Waals surface area contributed by atoms with Crippen LogP contribution in [0.5, 0.6) is 0 Å². The Labute approximate surface area is 259 Å². The fourth-order valence-electron chi connectivity index (χ4n) is 5.56. The van der Waals surface area contributed by atoms with Crippen molar-refractivity contribution in [2.45, 2.75) is 49.1 Å². The number of H-pyrrole nitrogens is 2. The number of fused-ring (bicyclic) bond motifs is 4. The molecule has 46 heavy (non-hydrogen) atoms. The van der Waals surface area contributed by atoms with Gasteiger partial charge in [0.2, 0.25) is 27.1 Å². The van der Waals surface area contributed by atoms with E-state index in [2.05, 4.69) is 29.9 Å². The van der Waals surface area contributed by atoms with Crippen molar-refractivity contribution in [3.63, 3.8) is 0 Å². The minimum Gasteiger partial charge on any atom is -0.386 e. The van der Waals surface area contributed by atoms with E-state index in [0.29, 0.717) is 0 Å². The highest BCUT2D eigenvalue weighted by Gasteiger charge is 2.55. The lowest BCUT2D eigenvalue weighted by Gasteiger charge is -2.30. The summed E-state index contributed by atoms with van der Waals surface area (Å²) in [4.78, 5) is 45.4. The van der Waals surface area contributed by atoms with Gasteiger partial charge in [-0.3, -0.25) is 33.3 Å². The second-order valence-corrected chi connectivity index (χ2v) is 14.7. The number of aromatic nitrogens is 8. The molecule has 4 aromatic heterocycles. The molecule has 10 atom stereocenters. The molecule has 240 valence electrons. The van der Waals surface area contributed by atoms with Gasteiger partial charge < -0.3 is 40.2 Å². The van der Waals surface area contributed by atoms with E-state index in [1.165, 1.54) is 28.5 Å². The van der Waals surface area contributed by atoms with Crippen LogP contribution in [0.2, 0.25) is 0 Å². The molecule has 8 N–H and O–H groups in total. The molecule has 0 saturated carbocycles. The molecular formula is C21H25B2N10O11P2+. The normalized spacial score (nSPS) is 37.1. The third kappa shape index (κ3) is 5.45. The first kappa shape index (κ1) is 31.4. The molecule has 21 nitrogen and oxygen atoms in total. The summed E-state index contributed by atoms with van der Waals surface area (Å²) in [6.07, 6.45) is -8.12. The van der Waals surface area contributed by atoms with Crippen LogP contribution in [0.4, 0.5) is 11.9 Å². The lowest BCUT2D eigenvalue weighted by Crippen LogP contribution is -2.39. The maximum atomic E-state index is 13.4. The Hall–Kier alpha value is -3.23. The highest BCUT2D eigenvalue weighted by molar-refractivity contribution is 7.89. The third-order valence-electron chi connectivity index (χ3n) is 7.58. The number of aliphatic hydroxyl groups is 2. The zero-order chi connectivity index (χ0) is 32.7. The van der Waals surface area contributed by atoms with Gasteiger partial charge in [-0.1, -0.05) is 0 Å². The Morgan fingerprint density at radius 1 is 0.935 bits per heavy atom. The van der Waals surface area contributed by atoms with Gasteiger partial charge in [-0.25, -0.2) is 19.0 Å². The van der Waals surface area contributed by atoms with Gasteiger partial charge >= 0.3 is 7.57 Å². The summed E-state index contributed by atoms with van der Waals surface area (Å²) < 4.78 is 51.0. The Kier molecular flexibility index (Phi) is 7.63. The van der Waals surface area contributed by atoms with Crippen molar-refractivity contribution in [1.82, 2.24) is 39.0 Å². The van der Waals surface area contributed by atoms with Crippen molar-refractivity contribution < 1.29 is 42.3 Å². The van der Waals surface area contributed by atoms with Crippen LogP contribution in [-0.4, -0.2) is 121 Å². The van der Waals surface area contributed by atoms with Gasteiger partial charge in [0.15, 0.2) is 40.9 Å². The average Bonchev–Trinajstić information content (AvgIpc) is 3.72. The van der Waals surface area contributed by atoms with Crippen molar-refractivity contribution in [2.75, 3.05) is 31.3 Å². The van der Waals surface area contributed by atoms with Gasteiger partial charge in [-0.2, -0.15) is 9.97 Å². The molecule has 7 rings (SSSR count). The minimum atomic E-state index is -4.49. The summed E-state index contributed by atoms with van der Waals surface area (Å²) in [6, 6.07) is 0. The van der Waals surface area contributed by atoms with Crippen LogP contribution in [-0.2, 0) is 32.1 Å². The molecule has 0 spiro atoms. The lowest BCUT2D eigenvalue weighted by molar-refractivity contribution is -0.0554. The number of nitrogens with zero attached hydrogens (tertiary/aromatic N) is 6. The minimum absolute atomic E-state index is 0.00288. The topological polar surface area (TPSA) is 292 Å². The van der Waals surface area contributed by atoms with Crippen LogP contribution in [0.15, 0.2) is 22.2 Å². The van der Waals surface area contributed by atoms with E-state index in [1.807, 2.05) is 0 Å². The van der Waals surface area contributed by atoms with Gasteiger partial charge in [0.25, 0.3) is 18.6 Å². The molecule has 3 saturated heterocycles. The Bertz CT molecular complexity index is 1990. The SMILES string of the molecule is [B]P1(=O)OC[C@@H]2O[C@H](n3cnc4c(=O)[nH]c(N)nc43)[C@@H](O)[C@H]2O[P+]([B])(C)OC[C@H]2O[C@@H](n3cnc4c(=O)[nH]c(N)nc43)[C@H](O)[C@@H]2O1. The Balaban J connectivity index is 1.17. The number of hydrogen-bond acceptors (Lipinski definition) is 17. The van der Waals surface area contributed by atoms with Crippen LogP contribution >= 0.6 is 15.1 Å². The van der Waals surface area contributed by atoms with Crippen LogP contribution in [0.25, 0.3) is 22.3 Å². The molecule has 25 heteroatoms. The Morgan fingerprint density at radius 3 is 1.98 bits per heavy atom. The summed E-state index contributed by atoms with van der Waals surface area (Å²) >= 11 is 0. The molecule has 3 aliphatic heterocycles. The molecule has 0 aliphatic carbocycles. The number of hydrogen-bond donors (Lipinski definition) is 6. The smallest absolute Gasteiger partial charge is 0.386 e. The highest BCUT2D eigenvalue weighted by atomic mass is 31.2. The third-order valence-corrected chi connectivity index (χ3v) is 9.95. The number of imidazole rings is 2. The van der Waals surface area contributed by atoms with E-state index in [1.54, 1.807) is 0 Å². The van der Waals surface area contributed by atoms with Gasteiger partial charge in [-0.05, 0) is 0 Å². The van der Waals surface area contributed by atoms with Gasteiger partial charge in [0.05, 0.1) is 25.9 Å². The van der Waals surface area contributed by atoms with Crippen LogP contribution in [0.3, 0.4) is 0 Å². The van der Waals surface area contributed by atoms with Crippen molar-refractivity contribution in [3.8, 4) is 0 Å². The number of nitrogens with two attached hydrogens (primary N) is 2. The fourth-order valence-corrected chi connectivity index (χ4v) is 7.82. The van der Waals surface area contributed by atoms with E-state index < -0.39 is 81.9 Å². The average molecular weight is 677 g/mol. The highest BCUT2D eigenvalue weighted by Crippen LogP contribution is 2.58. The van der Waals surface area contributed by atoms with E-state index in [-0.39, 0.29) is 40.8 Å². The number of nitrogen functional groups attached to an aromatic ring is 2. The van der Waals surface area contributed by atoms with Crippen LogP contribution in [0.1, 0.15) is 12.5 Å². The number of rotatable bonds is 2. The zero-order valence-corrected chi connectivity index (χ0v) is 25.4. The second kappa shape index (κ2) is 11.2. The van der Waals surface area contributed by atoms with Gasteiger partial charge in [-0.15, -0.1) is 0 Å². The fraction of sp³-hybridized carbons (Fsp3) is 0.524. The Morgan fingerprint density at radius 2 is 1.43 bits per heavy atom. The van der Waals surface area contributed by atoms with Crippen molar-refractivity contribution in [3.05, 3.63) is 33.4 Å². The van der Waals surface area contributed by atoms with Crippen molar-refractivity contribution in [1.29, 1.82) is 0 Å². The zero-order valence-electron chi connectivity index (χ0n) is 23.6. The summed E-state index contributed by atoms with van der Waals surface area (Å²) in [6.45, 7) is 0.530. The van der Waals surface area contributed by atoms with E-state index >= 15 is 0 Å². The second-order valence-electron chi connectivity index (χ2n) is 10.8. The largest absolute Gasteiger partial charge is 0.443 e. The van der Waals surface area contributed by atoms with E-state index in [4.69, 9.17) is 54.2 Å². The predicted octanol–water partition coefficient (Wildman–Crippen LogP) is -2.41. The molecule has 7 heterocycles.